The predicted octanol–water partition coefficient (Wildman–Crippen LogP) is -1.29. The Bertz CT molecular complexity index is 469. The average Bonchev–Trinajstić information content (AvgIpc) is 2.14. The van der Waals surface area contributed by atoms with Crippen LogP contribution in [0.15, 0.2) is 18.2 Å². The highest BCUT2D eigenvalue weighted by molar-refractivity contribution is 7.86. The standard InChI is InChI=1S/C8H11BO6S/c1-14-7-3-6(9(10)11)4-8(5-7)15-16(2,12)13/h3-5,10-11H,1-2H3. The molecule has 2 N–H and O–H groups in total. The monoisotopic (exact) mass is 246 g/mol. The first-order valence-corrected chi connectivity index (χ1v) is 6.08. The van der Waals surface area contributed by atoms with Gasteiger partial charge in [0.15, 0.2) is 0 Å². The maximum Gasteiger partial charge on any atom is 0.488 e. The summed E-state index contributed by atoms with van der Waals surface area (Å²) in [6.07, 6.45) is 0.890. The minimum absolute atomic E-state index is 0.0371. The van der Waals surface area contributed by atoms with Gasteiger partial charge in [-0.3, -0.25) is 0 Å². The Hall–Kier alpha value is -1.25. The molecule has 0 aliphatic carbocycles. The summed E-state index contributed by atoms with van der Waals surface area (Å²) in [5.74, 6) is 0.231. The molecule has 88 valence electrons. The lowest BCUT2D eigenvalue weighted by Crippen LogP contribution is -2.30. The quantitative estimate of drug-likeness (QED) is 0.507. The molecule has 0 spiro atoms. The third-order valence-corrected chi connectivity index (χ3v) is 2.18. The topological polar surface area (TPSA) is 93.1 Å². The summed E-state index contributed by atoms with van der Waals surface area (Å²) < 4.78 is 31.3. The maximum atomic E-state index is 10.9. The van der Waals surface area contributed by atoms with Crippen molar-refractivity contribution in [2.45, 2.75) is 0 Å². The molecular formula is C8H11BO6S. The van der Waals surface area contributed by atoms with Gasteiger partial charge in [-0.2, -0.15) is 8.42 Å². The van der Waals surface area contributed by atoms with Crippen LogP contribution in [0, 0.1) is 0 Å². The second-order valence-corrected chi connectivity index (χ2v) is 4.68. The lowest BCUT2D eigenvalue weighted by atomic mass is 9.80. The average molecular weight is 246 g/mol. The minimum atomic E-state index is -3.66. The molecule has 0 aliphatic rings. The largest absolute Gasteiger partial charge is 0.497 e. The van der Waals surface area contributed by atoms with Crippen molar-refractivity contribution in [2.24, 2.45) is 0 Å². The van der Waals surface area contributed by atoms with Gasteiger partial charge in [-0.25, -0.2) is 0 Å². The van der Waals surface area contributed by atoms with Crippen molar-refractivity contribution in [3.63, 3.8) is 0 Å². The molecule has 1 aromatic carbocycles. The second kappa shape index (κ2) is 4.73. The number of ether oxygens (including phenoxy) is 1. The summed E-state index contributed by atoms with van der Waals surface area (Å²) in [5.41, 5.74) is 0.0815. The Morgan fingerprint density at radius 3 is 2.19 bits per heavy atom. The van der Waals surface area contributed by atoms with Crippen molar-refractivity contribution in [3.8, 4) is 11.5 Å². The summed E-state index contributed by atoms with van der Waals surface area (Å²) in [7, 11) is -4.02. The van der Waals surface area contributed by atoms with Crippen molar-refractivity contribution >= 4 is 22.7 Å². The van der Waals surface area contributed by atoms with Crippen LogP contribution in [0.5, 0.6) is 11.5 Å². The SMILES string of the molecule is COc1cc(OS(C)(=O)=O)cc(B(O)O)c1. The van der Waals surface area contributed by atoms with Gasteiger partial charge < -0.3 is 19.0 Å². The van der Waals surface area contributed by atoms with Gasteiger partial charge in [0.2, 0.25) is 0 Å². The zero-order valence-corrected chi connectivity index (χ0v) is 9.56. The summed E-state index contributed by atoms with van der Waals surface area (Å²) in [6.45, 7) is 0. The second-order valence-electron chi connectivity index (χ2n) is 3.10. The van der Waals surface area contributed by atoms with E-state index in [-0.39, 0.29) is 17.0 Å². The third kappa shape index (κ3) is 3.72. The molecule has 0 heterocycles. The molecule has 0 unspecified atom stereocenters. The zero-order valence-electron chi connectivity index (χ0n) is 8.75. The lowest BCUT2D eigenvalue weighted by Gasteiger charge is -2.08. The van der Waals surface area contributed by atoms with Gasteiger partial charge in [-0.15, -0.1) is 0 Å². The van der Waals surface area contributed by atoms with E-state index in [0.717, 1.165) is 6.26 Å². The van der Waals surface area contributed by atoms with Crippen LogP contribution in [-0.4, -0.2) is 38.9 Å². The van der Waals surface area contributed by atoms with Crippen LogP contribution in [-0.2, 0) is 10.1 Å². The number of rotatable bonds is 4. The smallest absolute Gasteiger partial charge is 0.488 e. The molecule has 0 radical (unpaired) electrons. The highest BCUT2D eigenvalue weighted by atomic mass is 32.2. The molecule has 0 bridgehead atoms. The van der Waals surface area contributed by atoms with E-state index in [1.54, 1.807) is 0 Å². The Morgan fingerprint density at radius 2 is 1.75 bits per heavy atom. The van der Waals surface area contributed by atoms with Crippen LogP contribution >= 0.6 is 0 Å². The molecule has 0 saturated heterocycles. The van der Waals surface area contributed by atoms with E-state index in [4.69, 9.17) is 14.8 Å². The molecule has 1 rings (SSSR count). The van der Waals surface area contributed by atoms with E-state index in [1.165, 1.54) is 25.3 Å². The van der Waals surface area contributed by atoms with Crippen LogP contribution in [0.1, 0.15) is 0 Å². The zero-order chi connectivity index (χ0) is 12.3. The van der Waals surface area contributed by atoms with E-state index in [0.29, 0.717) is 0 Å². The van der Waals surface area contributed by atoms with Crippen molar-refractivity contribution in [1.29, 1.82) is 0 Å². The fourth-order valence-corrected chi connectivity index (χ4v) is 1.53. The fourth-order valence-electron chi connectivity index (χ4n) is 1.08. The molecular weight excluding hydrogens is 235 g/mol. The predicted molar refractivity (Wildman–Crippen MR) is 58.3 cm³/mol. The van der Waals surface area contributed by atoms with Crippen LogP contribution in [0.4, 0.5) is 0 Å². The normalized spacial score (nSPS) is 11.0. The van der Waals surface area contributed by atoms with Crippen molar-refractivity contribution in [2.75, 3.05) is 13.4 Å². The Kier molecular flexibility index (Phi) is 3.79. The van der Waals surface area contributed by atoms with Crippen LogP contribution in [0.3, 0.4) is 0 Å². The van der Waals surface area contributed by atoms with Gasteiger partial charge in [0.1, 0.15) is 11.5 Å². The van der Waals surface area contributed by atoms with Crippen molar-refractivity contribution < 1.29 is 27.4 Å². The van der Waals surface area contributed by atoms with E-state index in [2.05, 4.69) is 4.18 Å². The Labute approximate surface area is 93.7 Å². The highest BCUT2D eigenvalue weighted by Gasteiger charge is 2.15. The lowest BCUT2D eigenvalue weighted by molar-refractivity contribution is 0.409. The Morgan fingerprint density at radius 1 is 1.19 bits per heavy atom. The minimum Gasteiger partial charge on any atom is -0.497 e. The van der Waals surface area contributed by atoms with Gasteiger partial charge in [0, 0.05) is 6.07 Å². The van der Waals surface area contributed by atoms with Gasteiger partial charge in [0.05, 0.1) is 13.4 Å². The number of benzene rings is 1. The highest BCUT2D eigenvalue weighted by Crippen LogP contribution is 2.19. The van der Waals surface area contributed by atoms with Crippen molar-refractivity contribution in [1.82, 2.24) is 0 Å². The molecule has 0 fully saturated rings. The van der Waals surface area contributed by atoms with Crippen LogP contribution in [0.2, 0.25) is 0 Å². The van der Waals surface area contributed by atoms with Gasteiger partial charge in [0.25, 0.3) is 0 Å². The summed E-state index contributed by atoms with van der Waals surface area (Å²) in [4.78, 5) is 0. The number of hydrogen-bond donors (Lipinski definition) is 2. The summed E-state index contributed by atoms with van der Waals surface area (Å²) in [5, 5.41) is 17.9. The Balaban J connectivity index is 3.14. The van der Waals surface area contributed by atoms with Crippen LogP contribution in [0.25, 0.3) is 0 Å². The molecule has 16 heavy (non-hydrogen) atoms. The first-order chi connectivity index (χ1) is 7.31. The fraction of sp³-hybridized carbons (Fsp3) is 0.250. The van der Waals surface area contributed by atoms with Crippen molar-refractivity contribution in [3.05, 3.63) is 18.2 Å². The number of hydrogen-bond acceptors (Lipinski definition) is 6. The molecule has 6 nitrogen and oxygen atoms in total. The van der Waals surface area contributed by atoms with E-state index in [1.807, 2.05) is 0 Å². The maximum absolute atomic E-state index is 10.9. The van der Waals surface area contributed by atoms with E-state index in [9.17, 15) is 8.42 Å². The molecule has 1 aromatic rings. The molecule has 8 heteroatoms. The molecule has 0 aromatic heterocycles. The molecule has 0 saturated carbocycles. The summed E-state index contributed by atoms with van der Waals surface area (Å²) in [6, 6.07) is 3.89. The van der Waals surface area contributed by atoms with Crippen LogP contribution < -0.4 is 14.4 Å². The molecule has 0 atom stereocenters. The molecule has 0 amide bonds. The van der Waals surface area contributed by atoms with Gasteiger partial charge in [-0.1, -0.05) is 0 Å². The summed E-state index contributed by atoms with van der Waals surface area (Å²) >= 11 is 0. The first-order valence-electron chi connectivity index (χ1n) is 4.26. The first kappa shape index (κ1) is 12.8. The van der Waals surface area contributed by atoms with Gasteiger partial charge >= 0.3 is 17.2 Å². The van der Waals surface area contributed by atoms with E-state index < -0.39 is 17.2 Å². The number of methoxy groups -OCH3 is 1. The van der Waals surface area contributed by atoms with Gasteiger partial charge in [-0.05, 0) is 17.6 Å². The van der Waals surface area contributed by atoms with E-state index >= 15 is 0 Å². The third-order valence-electron chi connectivity index (χ3n) is 1.68. The molecule has 0 aliphatic heterocycles.